The zero-order valence-corrected chi connectivity index (χ0v) is 9.02. The smallest absolute Gasteiger partial charge is 0.283 e. The number of hydrogen-bond donors (Lipinski definition) is 1. The molecule has 0 aromatic carbocycles. The second-order valence-corrected chi connectivity index (χ2v) is 6.92. The van der Waals surface area contributed by atoms with E-state index in [1.54, 1.807) is 0 Å². The van der Waals surface area contributed by atoms with E-state index >= 15 is 0 Å². The van der Waals surface area contributed by atoms with Crippen molar-refractivity contribution in [3.8, 4) is 0 Å². The first-order valence-corrected chi connectivity index (χ1v) is 5.18. The van der Waals surface area contributed by atoms with E-state index in [0.717, 1.165) is 6.92 Å². The molecule has 0 aromatic rings. The van der Waals surface area contributed by atoms with Crippen molar-refractivity contribution in [1.29, 1.82) is 0 Å². The Balaban J connectivity index is 5.08. The van der Waals surface area contributed by atoms with Gasteiger partial charge in [-0.3, -0.25) is 4.55 Å². The van der Waals surface area contributed by atoms with Crippen LogP contribution in [0.4, 0.5) is 0 Å². The van der Waals surface area contributed by atoms with Crippen LogP contribution in [-0.2, 0) is 10.1 Å². The Morgan fingerprint density at radius 3 is 1.45 bits per heavy atom. The van der Waals surface area contributed by atoms with Crippen LogP contribution >= 0.6 is 46.4 Å². The van der Waals surface area contributed by atoms with Crippen molar-refractivity contribution in [3.05, 3.63) is 0 Å². The molecule has 0 radical (unpaired) electrons. The minimum atomic E-state index is -4.69. The molecule has 0 amide bonds. The third-order valence-electron chi connectivity index (χ3n) is 0.835. The summed E-state index contributed by atoms with van der Waals surface area (Å²) in [5.74, 6) is 0. The van der Waals surface area contributed by atoms with Gasteiger partial charge >= 0.3 is 10.1 Å². The van der Waals surface area contributed by atoms with Crippen molar-refractivity contribution < 1.29 is 13.0 Å². The molecule has 11 heavy (non-hydrogen) atoms. The SMILES string of the molecule is CC(Cl)(Cl)C(Cl)(Cl)S(=O)(=O)O. The van der Waals surface area contributed by atoms with E-state index in [1.807, 2.05) is 0 Å². The molecular formula is C3H4Cl4O3S. The second kappa shape index (κ2) is 3.09. The Bertz CT molecular complexity index is 238. The van der Waals surface area contributed by atoms with E-state index in [4.69, 9.17) is 51.0 Å². The summed E-state index contributed by atoms with van der Waals surface area (Å²) in [4.78, 5) is 0. The first-order valence-electron chi connectivity index (χ1n) is 2.23. The van der Waals surface area contributed by atoms with Gasteiger partial charge in [-0.25, -0.2) is 0 Å². The molecule has 3 nitrogen and oxygen atoms in total. The minimum absolute atomic E-state index is 1.05. The molecule has 0 aromatic heterocycles. The van der Waals surface area contributed by atoms with Gasteiger partial charge in [0.1, 0.15) is 0 Å². The predicted octanol–water partition coefficient (Wildman–Crippen LogP) is 2.20. The topological polar surface area (TPSA) is 54.4 Å². The maximum atomic E-state index is 10.4. The molecule has 0 heterocycles. The highest BCUT2D eigenvalue weighted by Crippen LogP contribution is 2.45. The fourth-order valence-corrected chi connectivity index (χ4v) is 1.26. The standard InChI is InChI=1S/C3H4Cl4O3S/c1-2(4,5)3(6,7)11(8,9)10/h1H3,(H,8,9,10). The summed E-state index contributed by atoms with van der Waals surface area (Å²) in [7, 11) is -4.69. The first kappa shape index (κ1) is 12.1. The van der Waals surface area contributed by atoms with Gasteiger partial charge in [0.25, 0.3) is 3.67 Å². The van der Waals surface area contributed by atoms with E-state index in [9.17, 15) is 8.42 Å². The number of alkyl halides is 4. The van der Waals surface area contributed by atoms with Crippen molar-refractivity contribution in [3.63, 3.8) is 0 Å². The Hall–Kier alpha value is 1.07. The van der Waals surface area contributed by atoms with Crippen LogP contribution in [0.3, 0.4) is 0 Å². The van der Waals surface area contributed by atoms with Crippen LogP contribution < -0.4 is 0 Å². The minimum Gasteiger partial charge on any atom is -0.283 e. The Morgan fingerprint density at radius 2 is 1.45 bits per heavy atom. The molecule has 0 aliphatic rings. The summed E-state index contributed by atoms with van der Waals surface area (Å²) in [6.45, 7) is 1.05. The molecule has 0 atom stereocenters. The van der Waals surface area contributed by atoms with Crippen LogP contribution in [0.2, 0.25) is 0 Å². The fraction of sp³-hybridized carbons (Fsp3) is 1.00. The molecule has 0 aliphatic heterocycles. The molecule has 68 valence electrons. The van der Waals surface area contributed by atoms with Gasteiger partial charge in [-0.05, 0) is 6.92 Å². The van der Waals surface area contributed by atoms with E-state index in [0.29, 0.717) is 0 Å². The summed E-state index contributed by atoms with van der Waals surface area (Å²) in [6, 6.07) is 0. The molecule has 8 heteroatoms. The molecule has 0 saturated heterocycles. The van der Waals surface area contributed by atoms with Crippen LogP contribution in [0.5, 0.6) is 0 Å². The summed E-state index contributed by atoms with van der Waals surface area (Å²) < 4.78 is 24.7. The van der Waals surface area contributed by atoms with Crippen molar-refractivity contribution in [2.45, 2.75) is 14.9 Å². The van der Waals surface area contributed by atoms with Gasteiger partial charge < -0.3 is 0 Å². The highest BCUT2D eigenvalue weighted by molar-refractivity contribution is 7.90. The predicted molar refractivity (Wildman–Crippen MR) is 46.1 cm³/mol. The molecule has 0 spiro atoms. The van der Waals surface area contributed by atoms with E-state index in [1.165, 1.54) is 0 Å². The van der Waals surface area contributed by atoms with Gasteiger partial charge in [0.15, 0.2) is 4.33 Å². The zero-order valence-electron chi connectivity index (χ0n) is 5.18. The molecule has 0 aliphatic carbocycles. The summed E-state index contributed by atoms with van der Waals surface area (Å²) >= 11 is 20.8. The highest BCUT2D eigenvalue weighted by atomic mass is 35.5. The van der Waals surface area contributed by atoms with E-state index in [2.05, 4.69) is 0 Å². The lowest BCUT2D eigenvalue weighted by atomic mass is 10.5. The number of halogens is 4. The lowest BCUT2D eigenvalue weighted by Gasteiger charge is -2.25. The molecular weight excluding hydrogens is 258 g/mol. The molecule has 0 fully saturated rings. The normalized spacial score (nSPS) is 15.1. The third-order valence-corrected chi connectivity index (χ3v) is 5.00. The van der Waals surface area contributed by atoms with Crippen molar-refractivity contribution in [2.24, 2.45) is 0 Å². The van der Waals surface area contributed by atoms with Crippen molar-refractivity contribution in [1.82, 2.24) is 0 Å². The average Bonchev–Trinajstić information content (AvgIpc) is 1.58. The lowest BCUT2D eigenvalue weighted by molar-refractivity contribution is 0.470. The van der Waals surface area contributed by atoms with Gasteiger partial charge in [0.05, 0.1) is 0 Å². The van der Waals surface area contributed by atoms with Gasteiger partial charge in [-0.2, -0.15) is 8.42 Å². The van der Waals surface area contributed by atoms with E-state index in [-0.39, 0.29) is 0 Å². The Morgan fingerprint density at radius 1 is 1.18 bits per heavy atom. The van der Waals surface area contributed by atoms with Crippen molar-refractivity contribution >= 4 is 56.5 Å². The number of rotatable bonds is 2. The maximum Gasteiger partial charge on any atom is 0.302 e. The summed E-state index contributed by atoms with van der Waals surface area (Å²) in [6.07, 6.45) is 0. The largest absolute Gasteiger partial charge is 0.302 e. The third kappa shape index (κ3) is 2.50. The zero-order chi connectivity index (χ0) is 9.50. The molecule has 0 bridgehead atoms. The molecule has 0 unspecified atom stereocenters. The average molecular weight is 262 g/mol. The van der Waals surface area contributed by atoms with E-state index < -0.39 is 18.1 Å². The first-order chi connectivity index (χ1) is 4.50. The summed E-state index contributed by atoms with van der Waals surface area (Å²) in [5, 5.41) is 0. The summed E-state index contributed by atoms with van der Waals surface area (Å²) in [5.41, 5.74) is 0. The van der Waals surface area contributed by atoms with Gasteiger partial charge in [-0.1, -0.05) is 46.4 Å². The van der Waals surface area contributed by atoms with Crippen molar-refractivity contribution in [2.75, 3.05) is 0 Å². The molecule has 0 rings (SSSR count). The van der Waals surface area contributed by atoms with Gasteiger partial charge in [0.2, 0.25) is 0 Å². The maximum absolute atomic E-state index is 10.4. The number of hydrogen-bond acceptors (Lipinski definition) is 2. The molecule has 0 saturated carbocycles. The van der Waals surface area contributed by atoms with Crippen LogP contribution in [0.25, 0.3) is 0 Å². The second-order valence-electron chi connectivity index (χ2n) is 1.88. The highest BCUT2D eigenvalue weighted by Gasteiger charge is 2.53. The Kier molecular flexibility index (Phi) is 3.39. The monoisotopic (exact) mass is 260 g/mol. The molecule has 1 N–H and O–H groups in total. The van der Waals surface area contributed by atoms with Crippen LogP contribution in [0.15, 0.2) is 0 Å². The fourth-order valence-electron chi connectivity index (χ4n) is 0.226. The van der Waals surface area contributed by atoms with Gasteiger partial charge in [-0.15, -0.1) is 0 Å². The Labute approximate surface area is 84.3 Å². The van der Waals surface area contributed by atoms with Crippen LogP contribution in [-0.4, -0.2) is 21.0 Å². The lowest BCUT2D eigenvalue weighted by Crippen LogP contribution is -2.40. The van der Waals surface area contributed by atoms with Crippen LogP contribution in [0, 0.1) is 0 Å². The van der Waals surface area contributed by atoms with Crippen LogP contribution in [0.1, 0.15) is 6.92 Å². The quantitative estimate of drug-likeness (QED) is 0.613. The van der Waals surface area contributed by atoms with Gasteiger partial charge in [0, 0.05) is 0 Å².